The van der Waals surface area contributed by atoms with Gasteiger partial charge in [0, 0.05) is 11.9 Å². The second-order valence-electron chi connectivity index (χ2n) is 4.37. The molecule has 5 heteroatoms. The van der Waals surface area contributed by atoms with Crippen LogP contribution in [0.2, 0.25) is 0 Å². The maximum absolute atomic E-state index is 13.5. The van der Waals surface area contributed by atoms with Crippen LogP contribution in [0.1, 0.15) is 22.9 Å². The number of nitrogens with zero attached hydrogens (tertiary/aromatic N) is 1. The van der Waals surface area contributed by atoms with Crippen molar-refractivity contribution in [1.82, 2.24) is 10.4 Å². The summed E-state index contributed by atoms with van der Waals surface area (Å²) in [6.07, 6.45) is 2.34. The van der Waals surface area contributed by atoms with Crippen molar-refractivity contribution < 1.29 is 4.39 Å². The summed E-state index contributed by atoms with van der Waals surface area (Å²) in [7, 11) is 0. The molecule has 0 saturated heterocycles. The van der Waals surface area contributed by atoms with Crippen LogP contribution in [-0.2, 0) is 6.42 Å². The molecule has 19 heavy (non-hydrogen) atoms. The molecule has 2 rings (SSSR count). The second kappa shape index (κ2) is 6.23. The van der Waals surface area contributed by atoms with E-state index < -0.39 is 0 Å². The monoisotopic (exact) mass is 323 g/mol. The van der Waals surface area contributed by atoms with Crippen molar-refractivity contribution in [3.05, 3.63) is 63.6 Å². The summed E-state index contributed by atoms with van der Waals surface area (Å²) in [4.78, 5) is 4.16. The van der Waals surface area contributed by atoms with Crippen molar-refractivity contribution in [3.8, 4) is 0 Å². The average Bonchev–Trinajstić information content (AvgIpc) is 2.40. The van der Waals surface area contributed by atoms with Crippen LogP contribution in [-0.4, -0.2) is 4.98 Å². The minimum Gasteiger partial charge on any atom is -0.271 e. The molecule has 3 N–H and O–H groups in total. The molecule has 0 fully saturated rings. The molecule has 3 nitrogen and oxygen atoms in total. The molecular formula is C14H15BrFN3. The van der Waals surface area contributed by atoms with Crippen LogP contribution in [0.3, 0.4) is 0 Å². The van der Waals surface area contributed by atoms with E-state index in [0.29, 0.717) is 10.9 Å². The Balaban J connectivity index is 2.26. The van der Waals surface area contributed by atoms with E-state index in [2.05, 4.69) is 26.3 Å². The van der Waals surface area contributed by atoms with Crippen molar-refractivity contribution >= 4 is 15.9 Å². The molecule has 1 unspecified atom stereocenters. The van der Waals surface area contributed by atoms with Crippen LogP contribution >= 0.6 is 15.9 Å². The van der Waals surface area contributed by atoms with Gasteiger partial charge in [-0.1, -0.05) is 12.1 Å². The molecule has 0 spiro atoms. The summed E-state index contributed by atoms with van der Waals surface area (Å²) < 4.78 is 14.0. The summed E-state index contributed by atoms with van der Waals surface area (Å²) in [5, 5.41) is 0. The molecule has 1 aromatic carbocycles. The van der Waals surface area contributed by atoms with E-state index in [9.17, 15) is 4.39 Å². The van der Waals surface area contributed by atoms with E-state index in [4.69, 9.17) is 5.84 Å². The van der Waals surface area contributed by atoms with Crippen LogP contribution < -0.4 is 11.3 Å². The minimum absolute atomic E-state index is 0.0835. The van der Waals surface area contributed by atoms with Gasteiger partial charge in [0.2, 0.25) is 0 Å². The number of rotatable bonds is 4. The van der Waals surface area contributed by atoms with Crippen molar-refractivity contribution in [3.63, 3.8) is 0 Å². The third kappa shape index (κ3) is 3.37. The third-order valence-electron chi connectivity index (χ3n) is 2.98. The smallest absolute Gasteiger partial charge is 0.137 e. The molecule has 0 aliphatic heterocycles. The first-order chi connectivity index (χ1) is 9.11. The van der Waals surface area contributed by atoms with Gasteiger partial charge in [-0.3, -0.25) is 16.3 Å². The highest BCUT2D eigenvalue weighted by Gasteiger charge is 2.14. The number of hydrazine groups is 1. The molecule has 0 radical (unpaired) electrons. The zero-order chi connectivity index (χ0) is 13.8. The zero-order valence-electron chi connectivity index (χ0n) is 10.5. The Morgan fingerprint density at radius 1 is 1.42 bits per heavy atom. The highest BCUT2D eigenvalue weighted by molar-refractivity contribution is 9.10. The highest BCUT2D eigenvalue weighted by Crippen LogP contribution is 2.25. The lowest BCUT2D eigenvalue weighted by molar-refractivity contribution is 0.545. The first kappa shape index (κ1) is 14.1. The number of halogens is 2. The quantitative estimate of drug-likeness (QED) is 0.671. The first-order valence-corrected chi connectivity index (χ1v) is 6.72. The van der Waals surface area contributed by atoms with Gasteiger partial charge in [0.15, 0.2) is 0 Å². The van der Waals surface area contributed by atoms with Gasteiger partial charge in [0.1, 0.15) is 5.82 Å². The van der Waals surface area contributed by atoms with E-state index in [0.717, 1.165) is 16.8 Å². The number of benzene rings is 1. The Hall–Kier alpha value is -1.30. The SMILES string of the molecule is Cc1cc(C(Cc2cccc(F)c2Br)NN)ccn1. The van der Waals surface area contributed by atoms with Crippen molar-refractivity contribution in [1.29, 1.82) is 0 Å². The predicted molar refractivity (Wildman–Crippen MR) is 76.8 cm³/mol. The molecule has 100 valence electrons. The Morgan fingerprint density at radius 2 is 2.21 bits per heavy atom. The van der Waals surface area contributed by atoms with Gasteiger partial charge in [0.25, 0.3) is 0 Å². The van der Waals surface area contributed by atoms with E-state index in [-0.39, 0.29) is 11.9 Å². The molecule has 2 aromatic rings. The summed E-state index contributed by atoms with van der Waals surface area (Å²) in [6, 6.07) is 8.80. The second-order valence-corrected chi connectivity index (χ2v) is 5.16. The van der Waals surface area contributed by atoms with Crippen molar-refractivity contribution in [2.45, 2.75) is 19.4 Å². The van der Waals surface area contributed by atoms with Crippen LogP contribution in [0.25, 0.3) is 0 Å². The van der Waals surface area contributed by atoms with Crippen molar-refractivity contribution in [2.24, 2.45) is 5.84 Å². The average molecular weight is 324 g/mol. The molecule has 0 bridgehead atoms. The number of nitrogens with two attached hydrogens (primary N) is 1. The van der Waals surface area contributed by atoms with Gasteiger partial charge in [-0.25, -0.2) is 4.39 Å². The molecule has 0 amide bonds. The molecule has 1 aromatic heterocycles. The fourth-order valence-electron chi connectivity index (χ4n) is 1.98. The maximum Gasteiger partial charge on any atom is 0.137 e. The number of hydrogen-bond donors (Lipinski definition) is 2. The van der Waals surface area contributed by atoms with E-state index in [1.807, 2.05) is 25.1 Å². The van der Waals surface area contributed by atoms with Gasteiger partial charge in [-0.2, -0.15) is 0 Å². The minimum atomic E-state index is -0.265. The predicted octanol–water partition coefficient (Wildman–Crippen LogP) is 3.04. The molecule has 1 atom stereocenters. The molecule has 0 saturated carbocycles. The molecule has 0 aliphatic carbocycles. The summed E-state index contributed by atoms with van der Waals surface area (Å²) >= 11 is 3.27. The van der Waals surface area contributed by atoms with Gasteiger partial charge in [-0.05, 0) is 58.6 Å². The van der Waals surface area contributed by atoms with Gasteiger partial charge in [0.05, 0.1) is 10.5 Å². The molecular weight excluding hydrogens is 309 g/mol. The van der Waals surface area contributed by atoms with Crippen LogP contribution in [0.15, 0.2) is 41.0 Å². The summed E-state index contributed by atoms with van der Waals surface area (Å²) in [5.74, 6) is 5.35. The van der Waals surface area contributed by atoms with Gasteiger partial charge < -0.3 is 0 Å². The van der Waals surface area contributed by atoms with Crippen LogP contribution in [0, 0.1) is 12.7 Å². The number of aromatic nitrogens is 1. The Kier molecular flexibility index (Phi) is 4.63. The van der Waals surface area contributed by atoms with Crippen molar-refractivity contribution in [2.75, 3.05) is 0 Å². The molecule has 1 heterocycles. The number of nitrogens with one attached hydrogen (secondary N) is 1. The molecule has 0 aliphatic rings. The normalized spacial score (nSPS) is 12.4. The number of hydrogen-bond acceptors (Lipinski definition) is 3. The fourth-order valence-corrected chi connectivity index (χ4v) is 2.41. The van der Waals surface area contributed by atoms with E-state index >= 15 is 0 Å². The lowest BCUT2D eigenvalue weighted by Gasteiger charge is -2.17. The number of aryl methyl sites for hydroxylation is 1. The van der Waals surface area contributed by atoms with Gasteiger partial charge in [-0.15, -0.1) is 0 Å². The van der Waals surface area contributed by atoms with E-state index in [1.165, 1.54) is 6.07 Å². The van der Waals surface area contributed by atoms with E-state index in [1.54, 1.807) is 12.3 Å². The van der Waals surface area contributed by atoms with Crippen LogP contribution in [0.4, 0.5) is 4.39 Å². The topological polar surface area (TPSA) is 50.9 Å². The largest absolute Gasteiger partial charge is 0.271 e. The Labute approximate surface area is 120 Å². The zero-order valence-corrected chi connectivity index (χ0v) is 12.1. The van der Waals surface area contributed by atoms with Gasteiger partial charge >= 0.3 is 0 Å². The first-order valence-electron chi connectivity index (χ1n) is 5.93. The lowest BCUT2D eigenvalue weighted by atomic mass is 9.99. The summed E-state index contributed by atoms with van der Waals surface area (Å²) in [6.45, 7) is 1.93. The van der Waals surface area contributed by atoms with Crippen LogP contribution in [0.5, 0.6) is 0 Å². The highest BCUT2D eigenvalue weighted by atomic mass is 79.9. The lowest BCUT2D eigenvalue weighted by Crippen LogP contribution is -2.29. The summed E-state index contributed by atoms with van der Waals surface area (Å²) in [5.41, 5.74) is 5.60. The Morgan fingerprint density at radius 3 is 2.89 bits per heavy atom. The fraction of sp³-hybridized carbons (Fsp3) is 0.214. The third-order valence-corrected chi connectivity index (χ3v) is 3.87. The Bertz CT molecular complexity index is 574. The number of pyridine rings is 1. The maximum atomic E-state index is 13.5. The standard InChI is InChI=1S/C14H15BrFN3/c1-9-7-10(5-6-18-9)13(19-17)8-11-3-2-4-12(16)14(11)15/h2-7,13,19H,8,17H2,1H3.